The molecule has 2 aliphatic rings. The van der Waals surface area contributed by atoms with Crippen LogP contribution in [-0.4, -0.2) is 22.4 Å². The molecule has 228 valence electrons. The Morgan fingerprint density at radius 2 is 0.857 bits per heavy atom. The van der Waals surface area contributed by atoms with E-state index in [9.17, 15) is 10.2 Å². The van der Waals surface area contributed by atoms with Gasteiger partial charge in [0.2, 0.25) is 0 Å². The van der Waals surface area contributed by atoms with Crippen LogP contribution in [0.2, 0.25) is 0 Å². The van der Waals surface area contributed by atoms with Crippen LogP contribution in [-0.2, 0) is 0 Å². The lowest BCUT2D eigenvalue weighted by Gasteiger charge is -2.35. The summed E-state index contributed by atoms with van der Waals surface area (Å²) in [6.45, 7) is 21.6. The minimum Gasteiger partial charge on any atom is -0.393 e. The molecule has 0 heterocycles. The van der Waals surface area contributed by atoms with Crippen molar-refractivity contribution in [3.8, 4) is 0 Å². The summed E-state index contributed by atoms with van der Waals surface area (Å²) in [7, 11) is 0. The minimum atomic E-state index is -0.227. The van der Waals surface area contributed by atoms with Crippen molar-refractivity contribution in [2.75, 3.05) is 0 Å². The van der Waals surface area contributed by atoms with Gasteiger partial charge in [0, 0.05) is 0 Å². The summed E-state index contributed by atoms with van der Waals surface area (Å²) in [6, 6.07) is 0. The van der Waals surface area contributed by atoms with E-state index in [-0.39, 0.29) is 23.0 Å². The molecule has 2 atom stereocenters. The highest BCUT2D eigenvalue weighted by atomic mass is 16.3. The molecule has 0 aromatic carbocycles. The summed E-state index contributed by atoms with van der Waals surface area (Å²) in [5, 5.41) is 20.2. The van der Waals surface area contributed by atoms with Gasteiger partial charge in [0.1, 0.15) is 0 Å². The molecule has 0 saturated carbocycles. The van der Waals surface area contributed by atoms with Crippen molar-refractivity contribution in [2.24, 2.45) is 10.8 Å². The second-order valence-corrected chi connectivity index (χ2v) is 13.7. The topological polar surface area (TPSA) is 40.5 Å². The Morgan fingerprint density at radius 3 is 1.19 bits per heavy atom. The summed E-state index contributed by atoms with van der Waals surface area (Å²) in [4.78, 5) is 0. The molecule has 0 radical (unpaired) electrons. The van der Waals surface area contributed by atoms with E-state index in [0.29, 0.717) is 0 Å². The maximum Gasteiger partial charge on any atom is 0.0585 e. The van der Waals surface area contributed by atoms with Gasteiger partial charge in [-0.15, -0.1) is 0 Å². The van der Waals surface area contributed by atoms with Gasteiger partial charge in [-0.25, -0.2) is 0 Å². The minimum absolute atomic E-state index is 0.00547. The molecule has 2 nitrogen and oxygen atoms in total. The highest BCUT2D eigenvalue weighted by molar-refractivity contribution is 5.39. The van der Waals surface area contributed by atoms with E-state index in [1.165, 1.54) is 44.6 Å². The zero-order valence-corrected chi connectivity index (χ0v) is 28.0. The quantitative estimate of drug-likeness (QED) is 0.257. The first-order valence-electron chi connectivity index (χ1n) is 15.5. The Bertz CT molecular complexity index is 1190. The van der Waals surface area contributed by atoms with Crippen molar-refractivity contribution in [3.63, 3.8) is 0 Å². The van der Waals surface area contributed by atoms with Crippen molar-refractivity contribution in [1.29, 1.82) is 0 Å². The van der Waals surface area contributed by atoms with Gasteiger partial charge in [0.05, 0.1) is 12.2 Å². The second-order valence-electron chi connectivity index (χ2n) is 13.7. The monoisotopic (exact) mass is 568 g/mol. The molecule has 2 aliphatic carbocycles. The van der Waals surface area contributed by atoms with Gasteiger partial charge in [-0.05, 0) is 89.2 Å². The highest BCUT2D eigenvalue weighted by Crippen LogP contribution is 2.42. The first kappa shape index (κ1) is 35.3. The fourth-order valence-corrected chi connectivity index (χ4v) is 6.13. The summed E-state index contributed by atoms with van der Waals surface area (Å²) in [5.74, 6) is 0. The predicted octanol–water partition coefficient (Wildman–Crippen LogP) is 10.5. The van der Waals surface area contributed by atoms with Crippen LogP contribution in [0.3, 0.4) is 0 Å². The van der Waals surface area contributed by atoms with Crippen LogP contribution in [0.4, 0.5) is 0 Å². The molecule has 0 bridgehead atoms. The normalized spacial score (nSPS) is 25.0. The van der Waals surface area contributed by atoms with Gasteiger partial charge < -0.3 is 10.2 Å². The summed E-state index contributed by atoms with van der Waals surface area (Å²) in [5.41, 5.74) is 10.1. The zero-order valence-electron chi connectivity index (χ0n) is 28.0. The summed E-state index contributed by atoms with van der Waals surface area (Å²) in [6.07, 6.45) is 32.6. The molecule has 0 aromatic heterocycles. The highest BCUT2D eigenvalue weighted by Gasteiger charge is 2.32. The maximum atomic E-state index is 10.1. The lowest BCUT2D eigenvalue weighted by molar-refractivity contribution is 0.116. The first-order valence-corrected chi connectivity index (χ1v) is 15.5. The molecule has 0 amide bonds. The number of rotatable bonds is 10. The Morgan fingerprint density at radius 1 is 0.548 bits per heavy atom. The largest absolute Gasteiger partial charge is 0.393 e. The molecular formula is C40H56O2. The number of allylic oxidation sites excluding steroid dienone is 20. The average Bonchev–Trinajstić information content (AvgIpc) is 2.84. The van der Waals surface area contributed by atoms with Gasteiger partial charge in [0.15, 0.2) is 0 Å². The molecule has 0 aliphatic heterocycles. The van der Waals surface area contributed by atoms with Crippen LogP contribution in [0.15, 0.2) is 130 Å². The molecule has 0 aromatic rings. The van der Waals surface area contributed by atoms with Crippen molar-refractivity contribution < 1.29 is 10.2 Å². The molecule has 2 heteroatoms. The van der Waals surface area contributed by atoms with E-state index in [1.54, 1.807) is 0 Å². The van der Waals surface area contributed by atoms with Gasteiger partial charge in [-0.3, -0.25) is 0 Å². The lowest BCUT2D eigenvalue weighted by Crippen LogP contribution is -2.28. The maximum absolute atomic E-state index is 10.1. The second kappa shape index (κ2) is 16.1. The van der Waals surface area contributed by atoms with Crippen molar-refractivity contribution in [1.82, 2.24) is 0 Å². The molecule has 0 saturated heterocycles. The van der Waals surface area contributed by atoms with E-state index in [2.05, 4.69) is 154 Å². The fraction of sp³-hybridized carbons (Fsp3) is 0.450. The van der Waals surface area contributed by atoms with E-state index in [0.717, 1.165) is 25.7 Å². The van der Waals surface area contributed by atoms with E-state index >= 15 is 0 Å². The lowest BCUT2D eigenvalue weighted by atomic mass is 9.71. The van der Waals surface area contributed by atoms with E-state index in [4.69, 9.17) is 0 Å². The molecule has 0 fully saturated rings. The van der Waals surface area contributed by atoms with Crippen LogP contribution in [0, 0.1) is 10.8 Å². The molecule has 0 unspecified atom stereocenters. The zero-order chi connectivity index (χ0) is 31.5. The van der Waals surface area contributed by atoms with Gasteiger partial charge >= 0.3 is 0 Å². The van der Waals surface area contributed by atoms with Gasteiger partial charge in [-0.2, -0.15) is 0 Å². The molecule has 0 spiro atoms. The van der Waals surface area contributed by atoms with E-state index < -0.39 is 0 Å². The number of hydrogen-bond acceptors (Lipinski definition) is 2. The van der Waals surface area contributed by atoms with E-state index in [1.807, 2.05) is 0 Å². The van der Waals surface area contributed by atoms with Gasteiger partial charge in [-0.1, -0.05) is 146 Å². The standard InChI is InChI=1S/C40H56O2/c1-29(17-13-19-31(3)21-23-37-33(5)25-35(41)27-39(37,7)8)15-11-12-16-30(2)18-14-20-32(4)22-24-38-34(6)26-36(42)28-40(38,9)10/h11-24,35-36,41-42H,25-28H2,1-10H3/b12-11+,17-13+,18-14+,23-21-,24-22+,29-15+,30-16-,31-19+,32-20+/t35-,36-/m1/s1. The number of aliphatic hydroxyl groups is 2. The molecular weight excluding hydrogens is 512 g/mol. The Kier molecular flexibility index (Phi) is 13.5. The first-order chi connectivity index (χ1) is 19.6. The third-order valence-corrected chi connectivity index (χ3v) is 8.24. The summed E-state index contributed by atoms with van der Waals surface area (Å²) >= 11 is 0. The molecule has 2 N–H and O–H groups in total. The van der Waals surface area contributed by atoms with Crippen LogP contribution < -0.4 is 0 Å². The fourth-order valence-electron chi connectivity index (χ4n) is 6.13. The smallest absolute Gasteiger partial charge is 0.0585 e. The SMILES string of the molecule is CC1=C(\C=C/C(C)=C/C=C/C(C)=C/C=C/C=C(C)\C=C\C=C(C)\C=C\C2=C(C)C[C@@H](O)CC2(C)C)C(C)(C)C[C@H](O)C1. The van der Waals surface area contributed by atoms with Crippen LogP contribution in [0.5, 0.6) is 0 Å². The van der Waals surface area contributed by atoms with Crippen molar-refractivity contribution in [2.45, 2.75) is 107 Å². The molecule has 2 rings (SSSR count). The van der Waals surface area contributed by atoms with Crippen molar-refractivity contribution in [3.05, 3.63) is 130 Å². The third-order valence-electron chi connectivity index (χ3n) is 8.24. The summed E-state index contributed by atoms with van der Waals surface area (Å²) < 4.78 is 0. The van der Waals surface area contributed by atoms with Gasteiger partial charge in [0.25, 0.3) is 0 Å². The molecule has 42 heavy (non-hydrogen) atoms. The van der Waals surface area contributed by atoms with Crippen LogP contribution in [0.25, 0.3) is 0 Å². The Labute approximate surface area is 257 Å². The van der Waals surface area contributed by atoms with Crippen molar-refractivity contribution >= 4 is 0 Å². The Balaban J connectivity index is 1.90. The predicted molar refractivity (Wildman–Crippen MR) is 184 cm³/mol. The van der Waals surface area contributed by atoms with Crippen LogP contribution >= 0.6 is 0 Å². The average molecular weight is 569 g/mol. The Hall–Kier alpha value is -2.94. The third kappa shape index (κ3) is 11.7. The number of hydrogen-bond donors (Lipinski definition) is 2. The van der Waals surface area contributed by atoms with Crippen LogP contribution in [0.1, 0.15) is 94.9 Å². The number of aliphatic hydroxyl groups excluding tert-OH is 2.